The van der Waals surface area contributed by atoms with Crippen LogP contribution >= 0.6 is 11.6 Å². The SMILES string of the molecule is CCCCCCCCC(NCCC)c1ccncc1Cl. The largest absolute Gasteiger partial charge is 0.310 e. The Labute approximate surface area is 129 Å². The highest BCUT2D eigenvalue weighted by atomic mass is 35.5. The van der Waals surface area contributed by atoms with Crippen molar-refractivity contribution in [2.75, 3.05) is 6.54 Å². The maximum atomic E-state index is 6.28. The molecule has 0 aliphatic rings. The van der Waals surface area contributed by atoms with E-state index < -0.39 is 0 Å². The Morgan fingerprint density at radius 3 is 2.55 bits per heavy atom. The summed E-state index contributed by atoms with van der Waals surface area (Å²) in [6.45, 7) is 5.50. The van der Waals surface area contributed by atoms with Crippen molar-refractivity contribution >= 4 is 11.6 Å². The smallest absolute Gasteiger partial charge is 0.0637 e. The van der Waals surface area contributed by atoms with Gasteiger partial charge in [-0.25, -0.2) is 0 Å². The van der Waals surface area contributed by atoms with Gasteiger partial charge in [0.1, 0.15) is 0 Å². The summed E-state index contributed by atoms with van der Waals surface area (Å²) < 4.78 is 0. The van der Waals surface area contributed by atoms with E-state index in [1.165, 1.54) is 44.1 Å². The molecule has 0 bridgehead atoms. The lowest BCUT2D eigenvalue weighted by Crippen LogP contribution is -2.22. The predicted octanol–water partition coefficient (Wildman–Crippen LogP) is 5.53. The number of nitrogens with one attached hydrogen (secondary N) is 1. The maximum Gasteiger partial charge on any atom is 0.0637 e. The lowest BCUT2D eigenvalue weighted by Gasteiger charge is -2.20. The van der Waals surface area contributed by atoms with Gasteiger partial charge in [0.2, 0.25) is 0 Å². The molecular weight excluding hydrogens is 268 g/mol. The van der Waals surface area contributed by atoms with Crippen LogP contribution in [0, 0.1) is 0 Å². The number of hydrogen-bond donors (Lipinski definition) is 1. The monoisotopic (exact) mass is 296 g/mol. The molecule has 114 valence electrons. The molecule has 3 heteroatoms. The summed E-state index contributed by atoms with van der Waals surface area (Å²) >= 11 is 6.28. The molecule has 0 radical (unpaired) electrons. The summed E-state index contributed by atoms with van der Waals surface area (Å²) in [6, 6.07) is 2.42. The van der Waals surface area contributed by atoms with Gasteiger partial charge in [-0.3, -0.25) is 4.98 Å². The van der Waals surface area contributed by atoms with E-state index in [-0.39, 0.29) is 0 Å². The van der Waals surface area contributed by atoms with Crippen LogP contribution in [0.1, 0.15) is 76.8 Å². The van der Waals surface area contributed by atoms with E-state index in [4.69, 9.17) is 11.6 Å². The van der Waals surface area contributed by atoms with E-state index in [1.807, 2.05) is 12.3 Å². The molecule has 1 heterocycles. The third-order valence-corrected chi connectivity index (χ3v) is 3.98. The van der Waals surface area contributed by atoms with E-state index in [1.54, 1.807) is 6.20 Å². The fourth-order valence-corrected chi connectivity index (χ4v) is 2.73. The van der Waals surface area contributed by atoms with Crippen molar-refractivity contribution in [3.8, 4) is 0 Å². The molecule has 2 nitrogen and oxygen atoms in total. The molecule has 1 rings (SSSR count). The van der Waals surface area contributed by atoms with Crippen LogP contribution in [0.15, 0.2) is 18.5 Å². The highest BCUT2D eigenvalue weighted by Gasteiger charge is 2.13. The highest BCUT2D eigenvalue weighted by molar-refractivity contribution is 6.31. The highest BCUT2D eigenvalue weighted by Crippen LogP contribution is 2.26. The van der Waals surface area contributed by atoms with Gasteiger partial charge in [0.15, 0.2) is 0 Å². The van der Waals surface area contributed by atoms with Crippen molar-refractivity contribution in [1.29, 1.82) is 0 Å². The number of nitrogens with zero attached hydrogens (tertiary/aromatic N) is 1. The summed E-state index contributed by atoms with van der Waals surface area (Å²) in [5.74, 6) is 0. The second-order valence-electron chi connectivity index (χ2n) is 5.46. The zero-order chi connectivity index (χ0) is 14.6. The Kier molecular flexibility index (Phi) is 9.69. The second-order valence-corrected chi connectivity index (χ2v) is 5.87. The third-order valence-electron chi connectivity index (χ3n) is 3.67. The molecule has 1 aromatic heterocycles. The number of aromatic nitrogens is 1. The minimum atomic E-state index is 0.372. The van der Waals surface area contributed by atoms with Crippen molar-refractivity contribution in [2.45, 2.75) is 71.3 Å². The van der Waals surface area contributed by atoms with E-state index in [2.05, 4.69) is 24.1 Å². The third kappa shape index (κ3) is 6.71. The number of pyridine rings is 1. The van der Waals surface area contributed by atoms with Crippen LogP contribution in [0.25, 0.3) is 0 Å². The number of rotatable bonds is 11. The fraction of sp³-hybridized carbons (Fsp3) is 0.706. The maximum absolute atomic E-state index is 6.28. The number of halogens is 1. The lowest BCUT2D eigenvalue weighted by atomic mass is 10.00. The van der Waals surface area contributed by atoms with Crippen LogP contribution in [0.2, 0.25) is 5.02 Å². The minimum Gasteiger partial charge on any atom is -0.310 e. The average Bonchev–Trinajstić information content (AvgIpc) is 2.47. The zero-order valence-electron chi connectivity index (χ0n) is 13.0. The molecule has 0 saturated carbocycles. The Bertz CT molecular complexity index is 355. The molecule has 1 unspecified atom stereocenters. The van der Waals surface area contributed by atoms with Crippen LogP contribution in [0.5, 0.6) is 0 Å². The van der Waals surface area contributed by atoms with Crippen molar-refractivity contribution in [2.24, 2.45) is 0 Å². The first-order chi connectivity index (χ1) is 9.79. The van der Waals surface area contributed by atoms with E-state index >= 15 is 0 Å². The van der Waals surface area contributed by atoms with Gasteiger partial charge in [-0.15, -0.1) is 0 Å². The Morgan fingerprint density at radius 2 is 1.85 bits per heavy atom. The van der Waals surface area contributed by atoms with Crippen LogP contribution in [0.3, 0.4) is 0 Å². The first kappa shape index (κ1) is 17.5. The van der Waals surface area contributed by atoms with Gasteiger partial charge in [0, 0.05) is 18.4 Å². The van der Waals surface area contributed by atoms with E-state index in [9.17, 15) is 0 Å². The molecule has 1 atom stereocenters. The molecule has 0 spiro atoms. The van der Waals surface area contributed by atoms with Crippen LogP contribution in [-0.2, 0) is 0 Å². The quantitative estimate of drug-likeness (QED) is 0.543. The molecular formula is C17H29ClN2. The summed E-state index contributed by atoms with van der Waals surface area (Å²) in [6.07, 6.45) is 13.9. The summed E-state index contributed by atoms with van der Waals surface area (Å²) in [4.78, 5) is 4.08. The van der Waals surface area contributed by atoms with Gasteiger partial charge in [-0.1, -0.05) is 64.0 Å². The van der Waals surface area contributed by atoms with E-state index in [0.29, 0.717) is 6.04 Å². The summed E-state index contributed by atoms with van der Waals surface area (Å²) in [5.41, 5.74) is 1.20. The molecule has 0 aliphatic heterocycles. The fourth-order valence-electron chi connectivity index (χ4n) is 2.48. The van der Waals surface area contributed by atoms with Crippen molar-refractivity contribution in [1.82, 2.24) is 10.3 Å². The van der Waals surface area contributed by atoms with Gasteiger partial charge in [0.25, 0.3) is 0 Å². The van der Waals surface area contributed by atoms with Crippen molar-refractivity contribution in [3.05, 3.63) is 29.0 Å². The van der Waals surface area contributed by atoms with Gasteiger partial charge >= 0.3 is 0 Å². The van der Waals surface area contributed by atoms with Gasteiger partial charge in [-0.05, 0) is 31.0 Å². The molecule has 0 amide bonds. The average molecular weight is 297 g/mol. The minimum absolute atomic E-state index is 0.372. The standard InChI is InChI=1S/C17H29ClN2/c1-3-5-6-7-8-9-10-17(20-12-4-2)15-11-13-19-14-16(15)18/h11,13-14,17,20H,3-10,12H2,1-2H3. The van der Waals surface area contributed by atoms with Gasteiger partial charge in [-0.2, -0.15) is 0 Å². The topological polar surface area (TPSA) is 24.9 Å². The number of unbranched alkanes of at least 4 members (excludes halogenated alkanes) is 5. The van der Waals surface area contributed by atoms with E-state index in [0.717, 1.165) is 24.4 Å². The molecule has 20 heavy (non-hydrogen) atoms. The molecule has 1 N–H and O–H groups in total. The van der Waals surface area contributed by atoms with Crippen molar-refractivity contribution < 1.29 is 0 Å². The lowest BCUT2D eigenvalue weighted by molar-refractivity contribution is 0.466. The first-order valence-corrected chi connectivity index (χ1v) is 8.50. The van der Waals surface area contributed by atoms with Crippen LogP contribution in [0.4, 0.5) is 0 Å². The molecule has 0 fully saturated rings. The Morgan fingerprint density at radius 1 is 1.10 bits per heavy atom. The molecule has 0 aromatic carbocycles. The zero-order valence-corrected chi connectivity index (χ0v) is 13.8. The molecule has 0 saturated heterocycles. The van der Waals surface area contributed by atoms with Crippen LogP contribution < -0.4 is 5.32 Å². The normalized spacial score (nSPS) is 12.6. The van der Waals surface area contributed by atoms with Crippen molar-refractivity contribution in [3.63, 3.8) is 0 Å². The second kappa shape index (κ2) is 11.1. The summed E-state index contributed by atoms with van der Waals surface area (Å²) in [5, 5.41) is 4.40. The molecule has 1 aromatic rings. The Balaban J connectivity index is 2.42. The van der Waals surface area contributed by atoms with Crippen LogP contribution in [-0.4, -0.2) is 11.5 Å². The number of hydrogen-bond acceptors (Lipinski definition) is 2. The van der Waals surface area contributed by atoms with Gasteiger partial charge in [0.05, 0.1) is 5.02 Å². The first-order valence-electron chi connectivity index (χ1n) is 8.12. The molecule has 0 aliphatic carbocycles. The van der Waals surface area contributed by atoms with Gasteiger partial charge < -0.3 is 5.32 Å². The predicted molar refractivity (Wildman–Crippen MR) is 88.3 cm³/mol. The summed E-state index contributed by atoms with van der Waals surface area (Å²) in [7, 11) is 0. The Hall–Kier alpha value is -0.600.